The zero-order valence-corrected chi connectivity index (χ0v) is 13.4. The molecule has 0 amide bonds. The van der Waals surface area contributed by atoms with Gasteiger partial charge >= 0.3 is 0 Å². The molecule has 3 N–H and O–H groups in total. The molecule has 5 nitrogen and oxygen atoms in total. The predicted molar refractivity (Wildman–Crippen MR) is 81.6 cm³/mol. The Morgan fingerprint density at radius 1 is 1.15 bits per heavy atom. The average Bonchev–Trinajstić information content (AvgIpc) is 2.64. The van der Waals surface area contributed by atoms with E-state index in [0.29, 0.717) is 13.1 Å². The standard InChI is InChI=1S/C14H29N3O2S/c1-13-8-4-7-11-17(13)20(18,19)16-14(12-15)9-5-2-3-6-10-14/h13,16H,2-12,15H2,1H3. The first-order valence-electron chi connectivity index (χ1n) is 8.00. The molecule has 2 aliphatic rings. The molecule has 1 heterocycles. The number of nitrogens with two attached hydrogens (primary N) is 1. The largest absolute Gasteiger partial charge is 0.329 e. The molecule has 0 spiro atoms. The van der Waals surface area contributed by atoms with Crippen LogP contribution in [-0.2, 0) is 10.2 Å². The van der Waals surface area contributed by atoms with Gasteiger partial charge in [-0.3, -0.25) is 0 Å². The number of piperidine rings is 1. The molecule has 0 bridgehead atoms. The van der Waals surface area contributed by atoms with Crippen molar-refractivity contribution in [1.29, 1.82) is 0 Å². The van der Waals surface area contributed by atoms with Crippen LogP contribution in [0.3, 0.4) is 0 Å². The molecule has 0 aromatic carbocycles. The van der Waals surface area contributed by atoms with Crippen molar-refractivity contribution in [3.63, 3.8) is 0 Å². The molecule has 1 saturated heterocycles. The van der Waals surface area contributed by atoms with Crippen LogP contribution in [0.2, 0.25) is 0 Å². The smallest absolute Gasteiger partial charge is 0.280 e. The van der Waals surface area contributed by atoms with Crippen LogP contribution in [0.15, 0.2) is 0 Å². The van der Waals surface area contributed by atoms with Gasteiger partial charge in [-0.1, -0.05) is 32.1 Å². The first-order chi connectivity index (χ1) is 9.49. The highest BCUT2D eigenvalue weighted by atomic mass is 32.2. The minimum absolute atomic E-state index is 0.0989. The Hall–Kier alpha value is -0.170. The lowest BCUT2D eigenvalue weighted by atomic mass is 9.92. The molecule has 118 valence electrons. The maximum absolute atomic E-state index is 12.7. The summed E-state index contributed by atoms with van der Waals surface area (Å²) in [5.74, 6) is 0. The highest BCUT2D eigenvalue weighted by Gasteiger charge is 2.38. The lowest BCUT2D eigenvalue weighted by Gasteiger charge is -2.38. The van der Waals surface area contributed by atoms with Gasteiger partial charge in [0.1, 0.15) is 0 Å². The van der Waals surface area contributed by atoms with Gasteiger partial charge in [0.15, 0.2) is 0 Å². The molecule has 2 rings (SSSR count). The van der Waals surface area contributed by atoms with Crippen LogP contribution in [0.25, 0.3) is 0 Å². The Labute approximate surface area is 123 Å². The van der Waals surface area contributed by atoms with Crippen molar-refractivity contribution >= 4 is 10.2 Å². The second-order valence-electron chi connectivity index (χ2n) is 6.46. The van der Waals surface area contributed by atoms with Gasteiger partial charge in [-0.15, -0.1) is 0 Å². The number of hydrogen-bond acceptors (Lipinski definition) is 3. The summed E-state index contributed by atoms with van der Waals surface area (Å²) in [6.45, 7) is 3.03. The minimum atomic E-state index is -3.42. The van der Waals surface area contributed by atoms with E-state index in [4.69, 9.17) is 5.73 Å². The van der Waals surface area contributed by atoms with Gasteiger partial charge in [-0.05, 0) is 32.6 Å². The van der Waals surface area contributed by atoms with Gasteiger partial charge in [0, 0.05) is 24.7 Å². The number of nitrogens with zero attached hydrogens (tertiary/aromatic N) is 1. The third-order valence-corrected chi connectivity index (χ3v) is 6.70. The summed E-state index contributed by atoms with van der Waals surface area (Å²) in [6.07, 6.45) is 9.26. The molecule has 0 radical (unpaired) electrons. The molecular weight excluding hydrogens is 274 g/mol. The fourth-order valence-electron chi connectivity index (χ4n) is 3.51. The Bertz CT molecular complexity index is 403. The van der Waals surface area contributed by atoms with E-state index in [9.17, 15) is 8.42 Å². The van der Waals surface area contributed by atoms with E-state index in [1.54, 1.807) is 4.31 Å². The predicted octanol–water partition coefficient (Wildman–Crippen LogP) is 1.75. The molecule has 20 heavy (non-hydrogen) atoms. The third-order valence-electron chi connectivity index (χ3n) is 4.85. The molecule has 0 aromatic heterocycles. The molecule has 1 aliphatic heterocycles. The summed E-state index contributed by atoms with van der Waals surface area (Å²) < 4.78 is 30.0. The molecule has 0 aromatic rings. The van der Waals surface area contributed by atoms with Gasteiger partial charge in [-0.25, -0.2) is 0 Å². The van der Waals surface area contributed by atoms with Gasteiger partial charge < -0.3 is 5.73 Å². The molecular formula is C14H29N3O2S. The van der Waals surface area contributed by atoms with E-state index in [2.05, 4.69) is 4.72 Å². The maximum Gasteiger partial charge on any atom is 0.280 e. The summed E-state index contributed by atoms with van der Waals surface area (Å²) >= 11 is 0. The third kappa shape index (κ3) is 3.72. The van der Waals surface area contributed by atoms with E-state index < -0.39 is 15.7 Å². The summed E-state index contributed by atoms with van der Waals surface area (Å²) in [7, 11) is -3.42. The normalized spacial score (nSPS) is 29.0. The molecule has 1 saturated carbocycles. The monoisotopic (exact) mass is 303 g/mol. The number of rotatable bonds is 4. The van der Waals surface area contributed by atoms with Crippen molar-refractivity contribution in [2.75, 3.05) is 13.1 Å². The minimum Gasteiger partial charge on any atom is -0.329 e. The zero-order valence-electron chi connectivity index (χ0n) is 12.6. The summed E-state index contributed by atoms with van der Waals surface area (Å²) in [5, 5.41) is 0. The van der Waals surface area contributed by atoms with Gasteiger partial charge in [0.2, 0.25) is 0 Å². The first-order valence-corrected chi connectivity index (χ1v) is 9.44. The fourth-order valence-corrected chi connectivity index (χ4v) is 5.41. The van der Waals surface area contributed by atoms with Crippen LogP contribution in [-0.4, -0.2) is 37.4 Å². The number of nitrogens with one attached hydrogen (secondary N) is 1. The Morgan fingerprint density at radius 3 is 2.35 bits per heavy atom. The van der Waals surface area contributed by atoms with E-state index in [1.807, 2.05) is 6.92 Å². The molecule has 6 heteroatoms. The molecule has 2 fully saturated rings. The van der Waals surface area contributed by atoms with Crippen LogP contribution in [0, 0.1) is 0 Å². The number of hydrogen-bond donors (Lipinski definition) is 2. The summed E-state index contributed by atoms with van der Waals surface area (Å²) in [6, 6.07) is 0.0989. The second-order valence-corrected chi connectivity index (χ2v) is 8.08. The Balaban J connectivity index is 2.12. The van der Waals surface area contributed by atoms with Crippen LogP contribution in [0.5, 0.6) is 0 Å². The molecule has 1 unspecified atom stereocenters. The Kier molecular flexibility index (Phi) is 5.45. The second kappa shape index (κ2) is 6.73. The van der Waals surface area contributed by atoms with Crippen molar-refractivity contribution in [3.05, 3.63) is 0 Å². The van der Waals surface area contributed by atoms with Crippen molar-refractivity contribution < 1.29 is 8.42 Å². The summed E-state index contributed by atoms with van der Waals surface area (Å²) in [5.41, 5.74) is 5.51. The van der Waals surface area contributed by atoms with Crippen LogP contribution >= 0.6 is 0 Å². The van der Waals surface area contributed by atoms with Crippen LogP contribution in [0.4, 0.5) is 0 Å². The first kappa shape index (κ1) is 16.2. The zero-order chi connectivity index (χ0) is 14.6. The van der Waals surface area contributed by atoms with Crippen molar-refractivity contribution in [1.82, 2.24) is 9.03 Å². The van der Waals surface area contributed by atoms with E-state index in [-0.39, 0.29) is 6.04 Å². The highest BCUT2D eigenvalue weighted by molar-refractivity contribution is 7.87. The van der Waals surface area contributed by atoms with Gasteiger partial charge in [0.05, 0.1) is 0 Å². The molecule has 1 aliphatic carbocycles. The fraction of sp³-hybridized carbons (Fsp3) is 1.00. The van der Waals surface area contributed by atoms with Crippen LogP contribution in [0.1, 0.15) is 64.7 Å². The average molecular weight is 303 g/mol. The SMILES string of the molecule is CC1CCCCN1S(=O)(=O)NC1(CN)CCCCCC1. The van der Waals surface area contributed by atoms with Crippen LogP contribution < -0.4 is 10.5 Å². The van der Waals surface area contributed by atoms with Gasteiger partial charge in [-0.2, -0.15) is 17.4 Å². The van der Waals surface area contributed by atoms with Crippen molar-refractivity contribution in [3.8, 4) is 0 Å². The summed E-state index contributed by atoms with van der Waals surface area (Å²) in [4.78, 5) is 0. The van der Waals surface area contributed by atoms with E-state index in [1.165, 1.54) is 12.8 Å². The lowest BCUT2D eigenvalue weighted by molar-refractivity contribution is 0.252. The maximum atomic E-state index is 12.7. The van der Waals surface area contributed by atoms with Gasteiger partial charge in [0.25, 0.3) is 10.2 Å². The lowest BCUT2D eigenvalue weighted by Crippen LogP contribution is -2.59. The Morgan fingerprint density at radius 2 is 1.80 bits per heavy atom. The van der Waals surface area contributed by atoms with E-state index >= 15 is 0 Å². The van der Waals surface area contributed by atoms with E-state index in [0.717, 1.165) is 44.9 Å². The van der Waals surface area contributed by atoms with Crippen molar-refractivity contribution in [2.45, 2.75) is 76.3 Å². The van der Waals surface area contributed by atoms with Crippen molar-refractivity contribution in [2.24, 2.45) is 5.73 Å². The quantitative estimate of drug-likeness (QED) is 0.777. The highest BCUT2D eigenvalue weighted by Crippen LogP contribution is 2.28. The molecule has 1 atom stereocenters. The topological polar surface area (TPSA) is 75.4 Å².